The SMILES string of the molecule is Cc1ncc(C(=O)CCCc2ccccc2Cl)n1CCC1CC1. The van der Waals surface area contributed by atoms with E-state index >= 15 is 0 Å². The number of Topliss-reactive ketones (excluding diaryl/α,β-unsaturated/α-hetero) is 1. The average molecular weight is 331 g/mol. The van der Waals surface area contributed by atoms with Crippen LogP contribution in [-0.2, 0) is 13.0 Å². The molecule has 0 unspecified atom stereocenters. The molecule has 1 aliphatic rings. The van der Waals surface area contributed by atoms with Crippen molar-refractivity contribution >= 4 is 17.4 Å². The summed E-state index contributed by atoms with van der Waals surface area (Å²) in [5.41, 5.74) is 1.88. The molecule has 0 spiro atoms. The number of carbonyl (C=O) groups excluding carboxylic acids is 1. The van der Waals surface area contributed by atoms with Crippen LogP contribution in [0.4, 0.5) is 0 Å². The van der Waals surface area contributed by atoms with Crippen LogP contribution in [0.1, 0.15) is 54.0 Å². The minimum atomic E-state index is 0.188. The van der Waals surface area contributed by atoms with Crippen LogP contribution in [0.2, 0.25) is 5.02 Å². The van der Waals surface area contributed by atoms with Crippen LogP contribution in [-0.4, -0.2) is 15.3 Å². The molecular formula is C19H23ClN2O. The third-order valence-electron chi connectivity index (χ3n) is 4.61. The second-order valence-corrected chi connectivity index (χ2v) is 6.85. The lowest BCUT2D eigenvalue weighted by Gasteiger charge is -2.09. The van der Waals surface area contributed by atoms with Gasteiger partial charge in [0.1, 0.15) is 11.5 Å². The molecule has 0 amide bonds. The van der Waals surface area contributed by atoms with Gasteiger partial charge in [-0.05, 0) is 43.7 Å². The summed E-state index contributed by atoms with van der Waals surface area (Å²) in [5, 5.41) is 0.783. The van der Waals surface area contributed by atoms with Crippen molar-refractivity contribution in [2.45, 2.75) is 52.0 Å². The summed E-state index contributed by atoms with van der Waals surface area (Å²) in [6.45, 7) is 2.90. The Kier molecular flexibility index (Phi) is 5.16. The number of carbonyl (C=O) groups is 1. The van der Waals surface area contributed by atoms with Gasteiger partial charge in [-0.25, -0.2) is 4.98 Å². The molecule has 3 rings (SSSR count). The van der Waals surface area contributed by atoms with E-state index in [4.69, 9.17) is 11.6 Å². The second kappa shape index (κ2) is 7.31. The molecular weight excluding hydrogens is 308 g/mol. The van der Waals surface area contributed by atoms with Gasteiger partial charge in [0.15, 0.2) is 5.78 Å². The number of hydrogen-bond acceptors (Lipinski definition) is 2. The van der Waals surface area contributed by atoms with Crippen molar-refractivity contribution in [3.8, 4) is 0 Å². The lowest BCUT2D eigenvalue weighted by Crippen LogP contribution is -2.11. The van der Waals surface area contributed by atoms with Crippen LogP contribution in [0.3, 0.4) is 0 Å². The molecule has 1 saturated carbocycles. The molecule has 0 bridgehead atoms. The summed E-state index contributed by atoms with van der Waals surface area (Å²) < 4.78 is 2.09. The Bertz CT molecular complexity index is 688. The molecule has 0 N–H and O–H groups in total. The summed E-state index contributed by atoms with van der Waals surface area (Å²) in [6.07, 6.45) is 7.77. The Balaban J connectivity index is 1.56. The van der Waals surface area contributed by atoms with Crippen molar-refractivity contribution in [1.29, 1.82) is 0 Å². The highest BCUT2D eigenvalue weighted by Crippen LogP contribution is 2.33. The van der Waals surface area contributed by atoms with Gasteiger partial charge in [0, 0.05) is 18.0 Å². The van der Waals surface area contributed by atoms with E-state index in [1.54, 1.807) is 6.20 Å². The topological polar surface area (TPSA) is 34.9 Å². The number of nitrogens with zero attached hydrogens (tertiary/aromatic N) is 2. The molecule has 0 atom stereocenters. The predicted octanol–water partition coefficient (Wildman–Crippen LogP) is 4.85. The van der Waals surface area contributed by atoms with Gasteiger partial charge >= 0.3 is 0 Å². The first kappa shape index (κ1) is 16.3. The van der Waals surface area contributed by atoms with Crippen molar-refractivity contribution in [3.63, 3.8) is 0 Å². The van der Waals surface area contributed by atoms with Crippen LogP contribution in [0.15, 0.2) is 30.5 Å². The zero-order chi connectivity index (χ0) is 16.2. The number of rotatable bonds is 8. The number of benzene rings is 1. The summed E-state index contributed by atoms with van der Waals surface area (Å²) in [5.74, 6) is 1.99. The Morgan fingerprint density at radius 1 is 1.35 bits per heavy atom. The molecule has 23 heavy (non-hydrogen) atoms. The first-order chi connectivity index (χ1) is 11.1. The highest BCUT2D eigenvalue weighted by molar-refractivity contribution is 6.31. The van der Waals surface area contributed by atoms with Gasteiger partial charge in [-0.15, -0.1) is 0 Å². The molecule has 0 aliphatic heterocycles. The number of hydrogen-bond donors (Lipinski definition) is 0. The standard InChI is InChI=1S/C19H23ClN2O/c1-14-21-13-18(22(14)12-11-15-9-10-15)19(23)8-4-6-16-5-2-3-7-17(16)20/h2-3,5,7,13,15H,4,6,8-12H2,1H3. The number of imidazole rings is 1. The largest absolute Gasteiger partial charge is 0.326 e. The van der Waals surface area contributed by atoms with E-state index in [-0.39, 0.29) is 5.78 Å². The van der Waals surface area contributed by atoms with Gasteiger partial charge in [0.05, 0.1) is 6.20 Å². The minimum Gasteiger partial charge on any atom is -0.326 e. The third kappa shape index (κ3) is 4.23. The fourth-order valence-corrected chi connectivity index (χ4v) is 3.19. The number of aryl methyl sites for hydroxylation is 2. The Morgan fingerprint density at radius 3 is 2.87 bits per heavy atom. The number of halogens is 1. The van der Waals surface area contributed by atoms with Crippen LogP contribution in [0, 0.1) is 12.8 Å². The van der Waals surface area contributed by atoms with Gasteiger partial charge in [0.25, 0.3) is 0 Å². The van der Waals surface area contributed by atoms with E-state index < -0.39 is 0 Å². The molecule has 0 saturated heterocycles. The molecule has 1 aliphatic carbocycles. The predicted molar refractivity (Wildman–Crippen MR) is 93.0 cm³/mol. The average Bonchev–Trinajstić information content (AvgIpc) is 3.29. The second-order valence-electron chi connectivity index (χ2n) is 6.44. The smallest absolute Gasteiger partial charge is 0.180 e. The zero-order valence-electron chi connectivity index (χ0n) is 13.6. The van der Waals surface area contributed by atoms with Gasteiger partial charge in [-0.1, -0.05) is 42.6 Å². The Labute approximate surface area is 142 Å². The summed E-state index contributed by atoms with van der Waals surface area (Å²) >= 11 is 6.16. The molecule has 1 heterocycles. The van der Waals surface area contributed by atoms with E-state index in [0.29, 0.717) is 6.42 Å². The monoisotopic (exact) mass is 330 g/mol. The van der Waals surface area contributed by atoms with Gasteiger partial charge < -0.3 is 4.57 Å². The third-order valence-corrected chi connectivity index (χ3v) is 4.98. The van der Waals surface area contributed by atoms with Crippen molar-refractivity contribution < 1.29 is 4.79 Å². The van der Waals surface area contributed by atoms with E-state index in [0.717, 1.165) is 53.8 Å². The maximum atomic E-state index is 12.5. The van der Waals surface area contributed by atoms with E-state index in [9.17, 15) is 4.79 Å². The molecule has 3 nitrogen and oxygen atoms in total. The first-order valence-electron chi connectivity index (χ1n) is 8.44. The summed E-state index contributed by atoms with van der Waals surface area (Å²) in [6, 6.07) is 7.84. The quantitative estimate of drug-likeness (QED) is 0.648. The van der Waals surface area contributed by atoms with E-state index in [2.05, 4.69) is 9.55 Å². The zero-order valence-corrected chi connectivity index (χ0v) is 14.4. The van der Waals surface area contributed by atoms with Crippen molar-refractivity contribution in [3.05, 3.63) is 52.6 Å². The Hall–Kier alpha value is -1.61. The summed E-state index contributed by atoms with van der Waals surface area (Å²) in [4.78, 5) is 16.9. The van der Waals surface area contributed by atoms with E-state index in [1.807, 2.05) is 31.2 Å². The van der Waals surface area contributed by atoms with Gasteiger partial charge in [-0.3, -0.25) is 4.79 Å². The van der Waals surface area contributed by atoms with Crippen LogP contribution >= 0.6 is 11.6 Å². The fraction of sp³-hybridized carbons (Fsp3) is 0.474. The normalized spacial score (nSPS) is 14.2. The highest BCUT2D eigenvalue weighted by atomic mass is 35.5. The minimum absolute atomic E-state index is 0.188. The lowest BCUT2D eigenvalue weighted by atomic mass is 10.1. The van der Waals surface area contributed by atoms with Gasteiger partial charge in [0.2, 0.25) is 0 Å². The van der Waals surface area contributed by atoms with Crippen molar-refractivity contribution in [1.82, 2.24) is 9.55 Å². The van der Waals surface area contributed by atoms with Crippen LogP contribution in [0.25, 0.3) is 0 Å². The first-order valence-corrected chi connectivity index (χ1v) is 8.81. The van der Waals surface area contributed by atoms with Gasteiger partial charge in [-0.2, -0.15) is 0 Å². The molecule has 0 radical (unpaired) electrons. The van der Waals surface area contributed by atoms with Crippen molar-refractivity contribution in [2.75, 3.05) is 0 Å². The molecule has 1 aromatic carbocycles. The van der Waals surface area contributed by atoms with Crippen LogP contribution in [0.5, 0.6) is 0 Å². The number of ketones is 1. The van der Waals surface area contributed by atoms with Crippen LogP contribution < -0.4 is 0 Å². The molecule has 1 fully saturated rings. The highest BCUT2D eigenvalue weighted by Gasteiger charge is 2.22. The molecule has 1 aromatic heterocycles. The molecule has 4 heteroatoms. The fourth-order valence-electron chi connectivity index (χ4n) is 2.96. The van der Waals surface area contributed by atoms with Crippen molar-refractivity contribution in [2.24, 2.45) is 5.92 Å². The van der Waals surface area contributed by atoms with E-state index in [1.165, 1.54) is 12.8 Å². The maximum Gasteiger partial charge on any atom is 0.180 e. The lowest BCUT2D eigenvalue weighted by molar-refractivity contribution is 0.0970. The maximum absolute atomic E-state index is 12.5. The Morgan fingerprint density at radius 2 is 2.13 bits per heavy atom. The summed E-state index contributed by atoms with van der Waals surface area (Å²) in [7, 11) is 0. The molecule has 2 aromatic rings. The molecule has 122 valence electrons. The number of aromatic nitrogens is 2.